The molecule has 0 spiro atoms. The van der Waals surface area contributed by atoms with Crippen LogP contribution in [0.4, 0.5) is 0 Å². The Bertz CT molecular complexity index is 564. The fourth-order valence-corrected chi connectivity index (χ4v) is 2.04. The summed E-state index contributed by atoms with van der Waals surface area (Å²) >= 11 is 0. The molecule has 0 radical (unpaired) electrons. The topological polar surface area (TPSA) is 65.0 Å². The second kappa shape index (κ2) is 5.28. The van der Waals surface area contributed by atoms with Gasteiger partial charge in [-0.2, -0.15) is 0 Å². The third kappa shape index (κ3) is 3.13. The van der Waals surface area contributed by atoms with Gasteiger partial charge >= 0.3 is 13.1 Å². The molecule has 0 aromatic heterocycles. The van der Waals surface area contributed by atoms with Crippen molar-refractivity contribution >= 4 is 18.6 Å². The monoisotopic (exact) mass is 306 g/mol. The lowest BCUT2D eigenvalue weighted by atomic mass is 9.79. The van der Waals surface area contributed by atoms with Crippen molar-refractivity contribution in [2.75, 3.05) is 0 Å². The summed E-state index contributed by atoms with van der Waals surface area (Å²) in [6, 6.07) is 7.16. The zero-order valence-corrected chi connectivity index (χ0v) is 14.0. The van der Waals surface area contributed by atoms with Crippen LogP contribution in [0.25, 0.3) is 0 Å². The SMILES string of the molecule is CC(C)(Oc1cccc(B2OC(C)(C)C(C)(C)O2)c1)C(=O)O. The fourth-order valence-electron chi connectivity index (χ4n) is 2.04. The molecule has 5 nitrogen and oxygen atoms in total. The largest absolute Gasteiger partial charge is 0.494 e. The van der Waals surface area contributed by atoms with Crippen molar-refractivity contribution in [1.29, 1.82) is 0 Å². The van der Waals surface area contributed by atoms with Gasteiger partial charge in [-0.3, -0.25) is 0 Å². The van der Waals surface area contributed by atoms with E-state index in [1.807, 2.05) is 33.8 Å². The molecule has 2 rings (SSSR count). The minimum Gasteiger partial charge on any atom is -0.478 e. The first kappa shape index (κ1) is 16.8. The summed E-state index contributed by atoms with van der Waals surface area (Å²) in [6.07, 6.45) is 0. The normalized spacial score (nSPS) is 20.0. The maximum Gasteiger partial charge on any atom is 0.494 e. The average Bonchev–Trinajstić information content (AvgIpc) is 2.58. The zero-order chi connectivity index (χ0) is 16.8. The quantitative estimate of drug-likeness (QED) is 0.864. The molecule has 0 saturated carbocycles. The van der Waals surface area contributed by atoms with Gasteiger partial charge < -0.3 is 19.2 Å². The summed E-state index contributed by atoms with van der Waals surface area (Å²) in [5.41, 5.74) is -1.34. The Hall–Kier alpha value is -1.53. The summed E-state index contributed by atoms with van der Waals surface area (Å²) in [5, 5.41) is 9.15. The van der Waals surface area contributed by atoms with Gasteiger partial charge in [0.15, 0.2) is 5.60 Å². The van der Waals surface area contributed by atoms with Crippen LogP contribution < -0.4 is 10.2 Å². The van der Waals surface area contributed by atoms with Crippen molar-refractivity contribution in [2.24, 2.45) is 0 Å². The van der Waals surface area contributed by atoms with Gasteiger partial charge in [0.25, 0.3) is 0 Å². The van der Waals surface area contributed by atoms with E-state index in [2.05, 4.69) is 0 Å². The molecule has 1 aromatic rings. The van der Waals surface area contributed by atoms with Crippen molar-refractivity contribution in [3.63, 3.8) is 0 Å². The van der Waals surface area contributed by atoms with Crippen molar-refractivity contribution in [2.45, 2.75) is 58.3 Å². The minimum atomic E-state index is -1.30. The standard InChI is InChI=1S/C16H23BO5/c1-14(2,13(18)19)20-12-9-7-8-11(10-12)17-21-15(3,4)16(5,6)22-17/h7-10H,1-6H3,(H,18,19). The Morgan fingerprint density at radius 2 is 1.73 bits per heavy atom. The highest BCUT2D eigenvalue weighted by Gasteiger charge is 2.51. The smallest absolute Gasteiger partial charge is 0.478 e. The third-order valence-electron chi connectivity index (χ3n) is 4.27. The predicted molar refractivity (Wildman–Crippen MR) is 84.5 cm³/mol. The number of hydrogen-bond donors (Lipinski definition) is 1. The van der Waals surface area contributed by atoms with Gasteiger partial charge in [0.2, 0.25) is 0 Å². The van der Waals surface area contributed by atoms with Crippen molar-refractivity contribution < 1.29 is 23.9 Å². The van der Waals surface area contributed by atoms with Crippen LogP contribution in [0.2, 0.25) is 0 Å². The summed E-state index contributed by atoms with van der Waals surface area (Å²) in [6.45, 7) is 11.0. The molecule has 1 aromatic carbocycles. The second-order valence-electron chi connectivity index (χ2n) is 7.08. The molecule has 1 aliphatic heterocycles. The molecule has 0 atom stereocenters. The summed E-state index contributed by atoms with van der Waals surface area (Å²) in [5.74, 6) is -0.548. The van der Waals surface area contributed by atoms with Crippen LogP contribution in [0.15, 0.2) is 24.3 Å². The van der Waals surface area contributed by atoms with Crippen molar-refractivity contribution in [3.8, 4) is 5.75 Å². The Kier molecular flexibility index (Phi) is 4.04. The van der Waals surface area contributed by atoms with Crippen molar-refractivity contribution in [3.05, 3.63) is 24.3 Å². The number of ether oxygens (including phenoxy) is 1. The highest BCUT2D eigenvalue weighted by Crippen LogP contribution is 2.36. The van der Waals surface area contributed by atoms with Crippen LogP contribution in [0.5, 0.6) is 5.75 Å². The first-order chi connectivity index (χ1) is 9.95. The molecule has 1 aliphatic rings. The molecular formula is C16H23BO5. The molecule has 1 heterocycles. The lowest BCUT2D eigenvalue weighted by Gasteiger charge is -2.32. The van der Waals surface area contributed by atoms with E-state index in [4.69, 9.17) is 19.2 Å². The highest BCUT2D eigenvalue weighted by atomic mass is 16.7. The van der Waals surface area contributed by atoms with Crippen LogP contribution in [0.3, 0.4) is 0 Å². The Balaban J connectivity index is 2.22. The number of carboxylic acids is 1. The number of carboxylic acid groups (broad SMARTS) is 1. The second-order valence-corrected chi connectivity index (χ2v) is 7.08. The number of rotatable bonds is 4. The average molecular weight is 306 g/mol. The van der Waals surface area contributed by atoms with E-state index in [0.717, 1.165) is 5.46 Å². The van der Waals surface area contributed by atoms with Gasteiger partial charge in [-0.15, -0.1) is 0 Å². The van der Waals surface area contributed by atoms with E-state index in [0.29, 0.717) is 5.75 Å². The zero-order valence-electron chi connectivity index (χ0n) is 14.0. The van der Waals surface area contributed by atoms with Gasteiger partial charge in [-0.25, -0.2) is 4.79 Å². The molecule has 6 heteroatoms. The Labute approximate surface area is 131 Å². The van der Waals surface area contributed by atoms with Crippen LogP contribution in [-0.4, -0.2) is 35.0 Å². The van der Waals surface area contributed by atoms with Crippen LogP contribution in [0.1, 0.15) is 41.5 Å². The van der Waals surface area contributed by atoms with Crippen LogP contribution in [-0.2, 0) is 14.1 Å². The highest BCUT2D eigenvalue weighted by molar-refractivity contribution is 6.62. The molecule has 22 heavy (non-hydrogen) atoms. The molecule has 1 N–H and O–H groups in total. The lowest BCUT2D eigenvalue weighted by molar-refractivity contribution is -0.152. The first-order valence-electron chi connectivity index (χ1n) is 7.33. The van der Waals surface area contributed by atoms with Gasteiger partial charge in [0, 0.05) is 0 Å². The predicted octanol–water partition coefficient (Wildman–Crippen LogP) is 2.23. The Morgan fingerprint density at radius 1 is 1.18 bits per heavy atom. The van der Waals surface area contributed by atoms with E-state index in [9.17, 15) is 4.79 Å². The number of aliphatic carboxylic acids is 1. The fraction of sp³-hybridized carbons (Fsp3) is 0.562. The molecular weight excluding hydrogens is 283 g/mol. The van der Waals surface area contributed by atoms with Gasteiger partial charge in [0.1, 0.15) is 5.75 Å². The van der Waals surface area contributed by atoms with Gasteiger partial charge in [0.05, 0.1) is 11.2 Å². The summed E-state index contributed by atoms with van der Waals surface area (Å²) < 4.78 is 17.5. The van der Waals surface area contributed by atoms with E-state index < -0.39 is 29.9 Å². The third-order valence-corrected chi connectivity index (χ3v) is 4.27. The van der Waals surface area contributed by atoms with Crippen LogP contribution in [0, 0.1) is 0 Å². The van der Waals surface area contributed by atoms with E-state index >= 15 is 0 Å². The Morgan fingerprint density at radius 3 is 2.23 bits per heavy atom. The molecule has 1 saturated heterocycles. The number of hydrogen-bond acceptors (Lipinski definition) is 4. The number of carbonyl (C=O) groups is 1. The van der Waals surface area contributed by atoms with E-state index in [1.54, 1.807) is 18.2 Å². The molecule has 1 fully saturated rings. The molecule has 0 aliphatic carbocycles. The summed E-state index contributed by atoms with van der Waals surface area (Å²) in [4.78, 5) is 11.2. The minimum absolute atomic E-state index is 0.422. The van der Waals surface area contributed by atoms with E-state index in [-0.39, 0.29) is 0 Å². The number of benzene rings is 1. The van der Waals surface area contributed by atoms with Crippen LogP contribution >= 0.6 is 0 Å². The maximum atomic E-state index is 11.2. The van der Waals surface area contributed by atoms with Crippen molar-refractivity contribution in [1.82, 2.24) is 0 Å². The van der Waals surface area contributed by atoms with Gasteiger partial charge in [-0.05, 0) is 59.1 Å². The molecule has 0 bridgehead atoms. The van der Waals surface area contributed by atoms with E-state index in [1.165, 1.54) is 13.8 Å². The molecule has 0 amide bonds. The maximum absolute atomic E-state index is 11.2. The van der Waals surface area contributed by atoms with Gasteiger partial charge in [-0.1, -0.05) is 12.1 Å². The first-order valence-corrected chi connectivity index (χ1v) is 7.33. The molecule has 0 unspecified atom stereocenters. The summed E-state index contributed by atoms with van der Waals surface area (Å²) in [7, 11) is -0.499. The lowest BCUT2D eigenvalue weighted by Crippen LogP contribution is -2.41. The molecule has 120 valence electrons.